The number of nitrogens with zero attached hydrogens (tertiary/aromatic N) is 2. The van der Waals surface area contributed by atoms with Crippen molar-refractivity contribution in [3.05, 3.63) is 17.8 Å². The van der Waals surface area contributed by atoms with Crippen LogP contribution in [-0.2, 0) is 0 Å². The SMILES string of the molecule is CSc1nc2nccc(C)c2[nH]1. The van der Waals surface area contributed by atoms with Crippen molar-refractivity contribution < 1.29 is 0 Å². The summed E-state index contributed by atoms with van der Waals surface area (Å²) in [6, 6.07) is 1.98. The number of aromatic amines is 1. The van der Waals surface area contributed by atoms with E-state index in [2.05, 4.69) is 15.0 Å². The first-order chi connectivity index (χ1) is 5.81. The van der Waals surface area contributed by atoms with Gasteiger partial charge in [0.15, 0.2) is 10.8 Å². The van der Waals surface area contributed by atoms with Crippen LogP contribution in [0.25, 0.3) is 11.2 Å². The van der Waals surface area contributed by atoms with Gasteiger partial charge in [-0.25, -0.2) is 9.97 Å². The molecule has 0 atom stereocenters. The zero-order valence-corrected chi connectivity index (χ0v) is 7.77. The van der Waals surface area contributed by atoms with E-state index in [9.17, 15) is 0 Å². The summed E-state index contributed by atoms with van der Waals surface area (Å²) in [6.45, 7) is 2.05. The van der Waals surface area contributed by atoms with Gasteiger partial charge in [0, 0.05) is 6.20 Å². The first-order valence-corrected chi connectivity index (χ1v) is 4.89. The Balaban J connectivity index is 2.74. The van der Waals surface area contributed by atoms with Crippen LogP contribution >= 0.6 is 11.8 Å². The van der Waals surface area contributed by atoms with Gasteiger partial charge in [-0.05, 0) is 24.8 Å². The quantitative estimate of drug-likeness (QED) is 0.681. The van der Waals surface area contributed by atoms with E-state index in [0.29, 0.717) is 0 Å². The molecule has 0 aliphatic heterocycles. The third-order valence-corrected chi connectivity index (χ3v) is 2.35. The molecule has 2 aromatic rings. The molecule has 12 heavy (non-hydrogen) atoms. The Morgan fingerprint density at radius 1 is 1.50 bits per heavy atom. The molecule has 1 N–H and O–H groups in total. The van der Waals surface area contributed by atoms with E-state index in [-0.39, 0.29) is 0 Å². The Bertz CT molecular complexity index is 408. The summed E-state index contributed by atoms with van der Waals surface area (Å²) in [4.78, 5) is 11.6. The number of aromatic nitrogens is 3. The fourth-order valence-electron chi connectivity index (χ4n) is 1.11. The van der Waals surface area contributed by atoms with Gasteiger partial charge in [-0.15, -0.1) is 0 Å². The molecule has 0 bridgehead atoms. The largest absolute Gasteiger partial charge is 0.331 e. The Morgan fingerprint density at radius 2 is 2.33 bits per heavy atom. The third-order valence-electron chi connectivity index (χ3n) is 1.77. The van der Waals surface area contributed by atoms with Gasteiger partial charge in [0.25, 0.3) is 0 Å². The van der Waals surface area contributed by atoms with Crippen LogP contribution in [0.2, 0.25) is 0 Å². The van der Waals surface area contributed by atoms with Crippen LogP contribution < -0.4 is 0 Å². The fourth-order valence-corrected chi connectivity index (χ4v) is 1.49. The molecule has 0 spiro atoms. The van der Waals surface area contributed by atoms with Gasteiger partial charge in [-0.1, -0.05) is 11.8 Å². The number of fused-ring (bicyclic) bond motifs is 1. The minimum atomic E-state index is 0.805. The number of H-pyrrole nitrogens is 1. The summed E-state index contributed by atoms with van der Waals surface area (Å²) in [7, 11) is 0. The summed E-state index contributed by atoms with van der Waals surface area (Å²) in [5.74, 6) is 0. The lowest BCUT2D eigenvalue weighted by atomic mass is 10.3. The fraction of sp³-hybridized carbons (Fsp3) is 0.250. The van der Waals surface area contributed by atoms with Crippen LogP contribution in [0.4, 0.5) is 0 Å². The van der Waals surface area contributed by atoms with Crippen molar-refractivity contribution in [1.29, 1.82) is 0 Å². The van der Waals surface area contributed by atoms with Gasteiger partial charge >= 0.3 is 0 Å². The molecule has 0 aliphatic rings. The molecule has 2 heterocycles. The van der Waals surface area contributed by atoms with Gasteiger partial charge in [0.1, 0.15) is 0 Å². The van der Waals surface area contributed by atoms with Crippen LogP contribution in [-0.4, -0.2) is 21.2 Å². The highest BCUT2D eigenvalue weighted by atomic mass is 32.2. The molecule has 62 valence electrons. The van der Waals surface area contributed by atoms with Crippen molar-refractivity contribution in [2.45, 2.75) is 12.1 Å². The van der Waals surface area contributed by atoms with Gasteiger partial charge < -0.3 is 4.98 Å². The number of thioether (sulfide) groups is 1. The summed E-state index contributed by atoms with van der Waals surface area (Å²) < 4.78 is 0. The van der Waals surface area contributed by atoms with E-state index < -0.39 is 0 Å². The minimum Gasteiger partial charge on any atom is -0.331 e. The Morgan fingerprint density at radius 3 is 3.00 bits per heavy atom. The first kappa shape index (κ1) is 7.61. The lowest BCUT2D eigenvalue weighted by Gasteiger charge is -1.90. The zero-order valence-electron chi connectivity index (χ0n) is 6.96. The van der Waals surface area contributed by atoms with Crippen molar-refractivity contribution in [3.8, 4) is 0 Å². The van der Waals surface area contributed by atoms with Crippen LogP contribution in [0.5, 0.6) is 0 Å². The van der Waals surface area contributed by atoms with Crippen molar-refractivity contribution in [2.75, 3.05) is 6.26 Å². The Kier molecular flexibility index (Phi) is 1.77. The zero-order chi connectivity index (χ0) is 8.55. The maximum atomic E-state index is 4.29. The van der Waals surface area contributed by atoms with Crippen molar-refractivity contribution >= 4 is 22.9 Å². The van der Waals surface area contributed by atoms with E-state index in [1.54, 1.807) is 18.0 Å². The first-order valence-electron chi connectivity index (χ1n) is 3.66. The topological polar surface area (TPSA) is 41.6 Å². The molecule has 3 nitrogen and oxygen atoms in total. The van der Waals surface area contributed by atoms with Gasteiger partial charge in [-0.3, -0.25) is 0 Å². The average molecular weight is 179 g/mol. The lowest BCUT2D eigenvalue weighted by molar-refractivity contribution is 1.08. The highest BCUT2D eigenvalue weighted by Crippen LogP contribution is 2.17. The molecular formula is C8H9N3S. The number of nitrogens with one attached hydrogen (secondary N) is 1. The molecule has 0 saturated heterocycles. The number of hydrogen-bond acceptors (Lipinski definition) is 3. The highest BCUT2D eigenvalue weighted by molar-refractivity contribution is 7.98. The second-order valence-corrected chi connectivity index (χ2v) is 3.37. The molecule has 0 aromatic carbocycles. The standard InChI is InChI=1S/C8H9N3S/c1-5-3-4-9-7-6(5)10-8(11-7)12-2/h3-4H,1-2H3,(H,9,10,11). The molecule has 4 heteroatoms. The van der Waals surface area contributed by atoms with E-state index in [1.165, 1.54) is 5.56 Å². The summed E-state index contributed by atoms with van der Waals surface area (Å²) in [6.07, 6.45) is 3.77. The molecule has 0 unspecified atom stereocenters. The second kappa shape index (κ2) is 2.79. The van der Waals surface area contributed by atoms with Crippen LogP contribution in [0.3, 0.4) is 0 Å². The second-order valence-electron chi connectivity index (χ2n) is 2.57. The summed E-state index contributed by atoms with van der Waals surface area (Å²) in [5.41, 5.74) is 3.04. The number of rotatable bonds is 1. The molecule has 2 rings (SSSR count). The number of imidazole rings is 1. The van der Waals surface area contributed by atoms with E-state index >= 15 is 0 Å². The number of hydrogen-bond donors (Lipinski definition) is 1. The van der Waals surface area contributed by atoms with Crippen LogP contribution in [0, 0.1) is 6.92 Å². The predicted molar refractivity (Wildman–Crippen MR) is 50.4 cm³/mol. The normalized spacial score (nSPS) is 10.8. The van der Waals surface area contributed by atoms with Crippen molar-refractivity contribution in [2.24, 2.45) is 0 Å². The van der Waals surface area contributed by atoms with Crippen molar-refractivity contribution in [1.82, 2.24) is 15.0 Å². The number of pyridine rings is 1. The number of aryl methyl sites for hydroxylation is 1. The smallest absolute Gasteiger partial charge is 0.178 e. The molecule has 2 aromatic heterocycles. The molecule has 0 aliphatic carbocycles. The van der Waals surface area contributed by atoms with Crippen LogP contribution in [0.1, 0.15) is 5.56 Å². The van der Waals surface area contributed by atoms with Crippen molar-refractivity contribution in [3.63, 3.8) is 0 Å². The Labute approximate surface area is 74.6 Å². The predicted octanol–water partition coefficient (Wildman–Crippen LogP) is 1.99. The van der Waals surface area contributed by atoms with E-state index in [1.807, 2.05) is 19.2 Å². The summed E-state index contributed by atoms with van der Waals surface area (Å²) in [5, 5.41) is 0.923. The van der Waals surface area contributed by atoms with E-state index in [4.69, 9.17) is 0 Å². The van der Waals surface area contributed by atoms with Gasteiger partial charge in [0.2, 0.25) is 0 Å². The monoisotopic (exact) mass is 179 g/mol. The molecule has 0 radical (unpaired) electrons. The molecule has 0 amide bonds. The average Bonchev–Trinajstić information content (AvgIpc) is 2.49. The maximum absolute atomic E-state index is 4.29. The van der Waals surface area contributed by atoms with E-state index in [0.717, 1.165) is 16.3 Å². The molecular weight excluding hydrogens is 170 g/mol. The van der Waals surface area contributed by atoms with Crippen LogP contribution in [0.15, 0.2) is 17.4 Å². The maximum Gasteiger partial charge on any atom is 0.178 e. The Hall–Kier alpha value is -1.03. The lowest BCUT2D eigenvalue weighted by Crippen LogP contribution is -1.78. The molecule has 0 fully saturated rings. The third kappa shape index (κ3) is 1.08. The van der Waals surface area contributed by atoms with Gasteiger partial charge in [-0.2, -0.15) is 0 Å². The van der Waals surface area contributed by atoms with Gasteiger partial charge in [0.05, 0.1) is 5.52 Å². The minimum absolute atomic E-state index is 0.805. The summed E-state index contributed by atoms with van der Waals surface area (Å²) >= 11 is 1.60. The molecule has 0 saturated carbocycles. The highest BCUT2D eigenvalue weighted by Gasteiger charge is 2.03.